The molecule has 0 spiro atoms. The molecule has 0 unspecified atom stereocenters. The second-order valence-corrected chi connectivity index (χ2v) is 8.27. The molecule has 0 N–H and O–H groups in total. The van der Waals surface area contributed by atoms with Crippen LogP contribution >= 0.6 is 11.6 Å². The van der Waals surface area contributed by atoms with Crippen molar-refractivity contribution >= 4 is 39.3 Å². The second kappa shape index (κ2) is 9.16. The van der Waals surface area contributed by atoms with Crippen LogP contribution in [-0.4, -0.2) is 20.2 Å². The van der Waals surface area contributed by atoms with Gasteiger partial charge in [-0.1, -0.05) is 43.6 Å². The van der Waals surface area contributed by atoms with Gasteiger partial charge < -0.3 is 18.6 Å². The highest BCUT2D eigenvalue weighted by atomic mass is 35.5. The van der Waals surface area contributed by atoms with Gasteiger partial charge in [-0.25, -0.2) is 4.79 Å². The Morgan fingerprint density at radius 3 is 2.39 bits per heavy atom. The first kappa shape index (κ1) is 22.7. The molecule has 6 nitrogen and oxygen atoms in total. The Labute approximate surface area is 195 Å². The van der Waals surface area contributed by atoms with Gasteiger partial charge >= 0.3 is 5.97 Å². The van der Waals surface area contributed by atoms with Crippen LogP contribution in [0, 0.1) is 0 Å². The molecular weight excluding hydrogens is 444 g/mol. The molecule has 0 saturated carbocycles. The summed E-state index contributed by atoms with van der Waals surface area (Å²) < 4.78 is 22.9. The van der Waals surface area contributed by atoms with E-state index in [9.17, 15) is 9.59 Å². The predicted molar refractivity (Wildman–Crippen MR) is 128 cm³/mol. The Morgan fingerprint density at radius 2 is 1.76 bits per heavy atom. The Hall–Kier alpha value is -3.51. The molecule has 0 bridgehead atoms. The summed E-state index contributed by atoms with van der Waals surface area (Å²) in [5.74, 6) is 0.852. The monoisotopic (exact) mass is 466 g/mol. The maximum absolute atomic E-state index is 13.2. The van der Waals surface area contributed by atoms with E-state index >= 15 is 0 Å². The molecule has 0 aliphatic heterocycles. The third-order valence-corrected chi connectivity index (χ3v) is 5.71. The molecule has 0 fully saturated rings. The van der Waals surface area contributed by atoms with Gasteiger partial charge in [0, 0.05) is 29.0 Å². The van der Waals surface area contributed by atoms with Gasteiger partial charge in [-0.2, -0.15) is 0 Å². The fraction of sp³-hybridized carbons (Fsp3) is 0.231. The minimum absolute atomic E-state index is 0.0243. The van der Waals surface area contributed by atoms with Gasteiger partial charge in [-0.15, -0.1) is 0 Å². The largest absolute Gasteiger partial charge is 0.496 e. The van der Waals surface area contributed by atoms with E-state index in [0.29, 0.717) is 55.2 Å². The maximum Gasteiger partial charge on any atom is 0.338 e. The van der Waals surface area contributed by atoms with Gasteiger partial charge in [0.15, 0.2) is 5.43 Å². The number of hydrogen-bond donors (Lipinski definition) is 0. The first-order valence-corrected chi connectivity index (χ1v) is 10.8. The van der Waals surface area contributed by atoms with Crippen LogP contribution in [0.25, 0.3) is 21.7 Å². The Bertz CT molecular complexity index is 1410. The number of hydrogen-bond acceptors (Lipinski definition) is 6. The van der Waals surface area contributed by atoms with E-state index in [4.69, 9.17) is 30.2 Å². The van der Waals surface area contributed by atoms with E-state index < -0.39 is 5.97 Å². The van der Waals surface area contributed by atoms with E-state index in [1.165, 1.54) is 20.3 Å². The zero-order valence-corrected chi connectivity index (χ0v) is 19.5. The van der Waals surface area contributed by atoms with Crippen LogP contribution in [0.4, 0.5) is 0 Å². The van der Waals surface area contributed by atoms with Gasteiger partial charge in [0.2, 0.25) is 0 Å². The van der Waals surface area contributed by atoms with Crippen LogP contribution < -0.4 is 14.9 Å². The third kappa shape index (κ3) is 4.14. The van der Waals surface area contributed by atoms with Gasteiger partial charge in [0.05, 0.1) is 35.6 Å². The molecule has 1 heterocycles. The highest BCUT2D eigenvalue weighted by Gasteiger charge is 2.22. The van der Waals surface area contributed by atoms with Gasteiger partial charge in [-0.05, 0) is 18.2 Å². The van der Waals surface area contributed by atoms with Crippen molar-refractivity contribution < 1.29 is 23.4 Å². The van der Waals surface area contributed by atoms with Crippen molar-refractivity contribution in [2.24, 2.45) is 0 Å². The van der Waals surface area contributed by atoms with Gasteiger partial charge in [0.25, 0.3) is 0 Å². The summed E-state index contributed by atoms with van der Waals surface area (Å²) in [6, 6.07) is 13.5. The zero-order valence-electron chi connectivity index (χ0n) is 18.7. The summed E-state index contributed by atoms with van der Waals surface area (Å²) in [5.41, 5.74) is 0.983. The lowest BCUT2D eigenvalue weighted by atomic mass is 9.99. The third-order valence-electron chi connectivity index (χ3n) is 5.43. The van der Waals surface area contributed by atoms with Crippen LogP contribution in [0.2, 0.25) is 5.02 Å². The number of carbonyl (C=O) groups excluding carboxylic acids is 1. The van der Waals surface area contributed by atoms with Crippen molar-refractivity contribution in [1.82, 2.24) is 0 Å². The normalized spacial score (nSPS) is 11.2. The molecule has 0 amide bonds. The van der Waals surface area contributed by atoms with Crippen LogP contribution in [0.5, 0.6) is 11.5 Å². The number of carbonyl (C=O) groups is 1. The van der Waals surface area contributed by atoms with Crippen LogP contribution in [0.1, 0.15) is 41.4 Å². The topological polar surface area (TPSA) is 75.0 Å². The van der Waals surface area contributed by atoms with Crippen LogP contribution in [0.15, 0.2) is 57.7 Å². The van der Waals surface area contributed by atoms with Crippen molar-refractivity contribution in [2.45, 2.75) is 26.4 Å². The van der Waals surface area contributed by atoms with Gasteiger partial charge in [-0.3, -0.25) is 4.79 Å². The average molecular weight is 467 g/mol. The molecule has 4 aromatic rings. The summed E-state index contributed by atoms with van der Waals surface area (Å²) in [7, 11) is 3.02. The van der Waals surface area contributed by atoms with Crippen molar-refractivity contribution in [2.75, 3.05) is 14.2 Å². The average Bonchev–Trinajstić information content (AvgIpc) is 2.82. The Kier molecular flexibility index (Phi) is 6.29. The van der Waals surface area contributed by atoms with Crippen molar-refractivity contribution in [3.8, 4) is 11.5 Å². The molecule has 0 aliphatic carbocycles. The predicted octanol–water partition coefficient (Wildman–Crippen LogP) is 6.10. The smallest absolute Gasteiger partial charge is 0.338 e. The Balaban J connectivity index is 1.99. The molecule has 3 aromatic carbocycles. The first-order valence-electron chi connectivity index (χ1n) is 10.4. The number of rotatable bonds is 6. The number of fused-ring (bicyclic) bond motifs is 3. The summed E-state index contributed by atoms with van der Waals surface area (Å²) in [6.45, 7) is 3.74. The van der Waals surface area contributed by atoms with E-state index in [0.717, 1.165) is 0 Å². The zero-order chi connectivity index (χ0) is 23.7. The molecule has 0 atom stereocenters. The molecule has 33 heavy (non-hydrogen) atoms. The maximum atomic E-state index is 13.2. The number of ether oxygens (including phenoxy) is 3. The standard InChI is InChI=1S/C26H23ClO6/c1-14(2)20-12-19(28)22-16(13-32-26(29)15-8-6-5-7-9-15)10-17-21(30-3)11-18(27)24(31-4)23(17)25(22)33-20/h5-12,14H,13H2,1-4H3. The van der Waals surface area contributed by atoms with Crippen LogP contribution in [0.3, 0.4) is 0 Å². The fourth-order valence-corrected chi connectivity index (χ4v) is 4.07. The highest BCUT2D eigenvalue weighted by molar-refractivity contribution is 6.34. The number of methoxy groups -OCH3 is 2. The lowest BCUT2D eigenvalue weighted by molar-refractivity contribution is 0.0474. The highest BCUT2D eigenvalue weighted by Crippen LogP contribution is 2.44. The summed E-state index contributed by atoms with van der Waals surface area (Å²) >= 11 is 6.45. The molecule has 170 valence electrons. The lowest BCUT2D eigenvalue weighted by Gasteiger charge is -2.17. The molecular formula is C26H23ClO6. The van der Waals surface area contributed by atoms with E-state index in [2.05, 4.69) is 0 Å². The number of benzene rings is 3. The molecule has 0 saturated heterocycles. The minimum atomic E-state index is -0.493. The molecule has 0 radical (unpaired) electrons. The number of halogens is 1. The fourth-order valence-electron chi connectivity index (χ4n) is 3.80. The van der Waals surface area contributed by atoms with Crippen LogP contribution in [-0.2, 0) is 11.3 Å². The second-order valence-electron chi connectivity index (χ2n) is 7.87. The first-order chi connectivity index (χ1) is 15.8. The van der Waals surface area contributed by atoms with Crippen molar-refractivity contribution in [3.63, 3.8) is 0 Å². The molecule has 4 rings (SSSR count). The summed E-state index contributed by atoms with van der Waals surface area (Å²) in [6.07, 6.45) is 0. The summed E-state index contributed by atoms with van der Waals surface area (Å²) in [4.78, 5) is 25.7. The van der Waals surface area contributed by atoms with Gasteiger partial charge in [0.1, 0.15) is 29.4 Å². The minimum Gasteiger partial charge on any atom is -0.496 e. The van der Waals surface area contributed by atoms with Crippen molar-refractivity contribution in [1.29, 1.82) is 0 Å². The number of esters is 1. The molecule has 7 heteroatoms. The van der Waals surface area contributed by atoms with E-state index in [1.54, 1.807) is 36.4 Å². The van der Waals surface area contributed by atoms with E-state index in [-0.39, 0.29) is 18.0 Å². The SMILES string of the molecule is COc1cc(Cl)c(OC)c2c1cc(COC(=O)c1ccccc1)c1c(=O)cc(C(C)C)oc12. The quantitative estimate of drug-likeness (QED) is 0.252. The molecule has 1 aromatic heterocycles. The van der Waals surface area contributed by atoms with E-state index in [1.807, 2.05) is 19.9 Å². The lowest BCUT2D eigenvalue weighted by Crippen LogP contribution is -2.10. The summed E-state index contributed by atoms with van der Waals surface area (Å²) in [5, 5.41) is 1.77. The Morgan fingerprint density at radius 1 is 1.03 bits per heavy atom. The molecule has 0 aliphatic rings. The van der Waals surface area contributed by atoms with Crippen molar-refractivity contribution in [3.05, 3.63) is 80.7 Å².